The van der Waals surface area contributed by atoms with Gasteiger partial charge in [-0.1, -0.05) is 18.2 Å². The van der Waals surface area contributed by atoms with Crippen LogP contribution in [0.25, 0.3) is 0 Å². The highest BCUT2D eigenvalue weighted by Gasteiger charge is 2.46. The number of carbonyl (C=O) groups excluding carboxylic acids is 1. The maximum Gasteiger partial charge on any atom is 0.239 e. The third-order valence-electron chi connectivity index (χ3n) is 5.44. The molecule has 0 aromatic heterocycles. The molecular formula is C18H18F4N2O3S. The number of hydrogen-bond donors (Lipinski definition) is 2. The predicted molar refractivity (Wildman–Crippen MR) is 94.7 cm³/mol. The molecule has 0 spiro atoms. The fourth-order valence-electron chi connectivity index (χ4n) is 4.13. The Morgan fingerprint density at radius 1 is 1.14 bits per heavy atom. The van der Waals surface area contributed by atoms with E-state index in [1.165, 1.54) is 11.0 Å². The zero-order valence-corrected chi connectivity index (χ0v) is 15.4. The second kappa shape index (κ2) is 6.87. The largest absolute Gasteiger partial charge is 0.333 e. The molecule has 2 heterocycles. The Morgan fingerprint density at radius 2 is 1.82 bits per heavy atom. The van der Waals surface area contributed by atoms with Crippen LogP contribution in [0.1, 0.15) is 6.42 Å². The van der Waals surface area contributed by atoms with Crippen LogP contribution in [0.2, 0.25) is 0 Å². The Hall–Kier alpha value is -1.88. The number of halogens is 4. The molecule has 5 nitrogen and oxygen atoms in total. The molecule has 3 atom stereocenters. The number of benzene rings is 1. The molecule has 3 aliphatic rings. The molecule has 1 aromatic rings. The molecule has 3 unspecified atom stereocenters. The van der Waals surface area contributed by atoms with Crippen molar-refractivity contribution in [2.24, 2.45) is 5.92 Å². The Labute approximate surface area is 160 Å². The van der Waals surface area contributed by atoms with Crippen molar-refractivity contribution in [1.82, 2.24) is 9.21 Å². The molecule has 2 saturated heterocycles. The minimum atomic E-state index is -4.24. The van der Waals surface area contributed by atoms with Crippen molar-refractivity contribution >= 4 is 16.7 Å². The molecule has 0 radical (unpaired) electrons. The van der Waals surface area contributed by atoms with Gasteiger partial charge in [0.25, 0.3) is 0 Å². The van der Waals surface area contributed by atoms with Gasteiger partial charge in [-0.15, -0.1) is 10.8 Å². The van der Waals surface area contributed by atoms with E-state index in [0.717, 1.165) is 4.31 Å². The van der Waals surface area contributed by atoms with Crippen molar-refractivity contribution < 1.29 is 31.5 Å². The van der Waals surface area contributed by atoms with Crippen LogP contribution in [0, 0.1) is 23.4 Å². The van der Waals surface area contributed by atoms with E-state index in [0.29, 0.717) is 30.7 Å². The molecule has 28 heavy (non-hydrogen) atoms. The topological polar surface area (TPSA) is 64.0 Å². The summed E-state index contributed by atoms with van der Waals surface area (Å²) in [6, 6.07) is 0.0633. The Bertz CT molecular complexity index is 869. The Balaban J connectivity index is 1.69. The predicted octanol–water partition coefficient (Wildman–Crippen LogP) is 3.50. The summed E-state index contributed by atoms with van der Waals surface area (Å²) in [6.45, 7) is -0.290. The minimum absolute atomic E-state index is 0.132. The number of allylic oxidation sites excluding steroid dienone is 3. The fraction of sp³-hybridized carbons (Fsp3) is 0.389. The van der Waals surface area contributed by atoms with E-state index in [1.54, 1.807) is 12.2 Å². The van der Waals surface area contributed by atoms with Crippen LogP contribution < -0.4 is 0 Å². The molecule has 1 aromatic carbocycles. The number of amides is 1. The average molecular weight is 418 g/mol. The van der Waals surface area contributed by atoms with E-state index in [4.69, 9.17) is 0 Å². The van der Waals surface area contributed by atoms with Gasteiger partial charge in [0, 0.05) is 31.1 Å². The lowest BCUT2D eigenvalue weighted by Gasteiger charge is -2.52. The summed E-state index contributed by atoms with van der Waals surface area (Å²) >= 11 is 0. The van der Waals surface area contributed by atoms with E-state index in [-0.39, 0.29) is 6.54 Å². The first-order chi connectivity index (χ1) is 13.2. The summed E-state index contributed by atoms with van der Waals surface area (Å²) in [5, 5.41) is 0. The Morgan fingerprint density at radius 3 is 2.50 bits per heavy atom. The highest BCUT2D eigenvalue weighted by molar-refractivity contribution is 8.22. The van der Waals surface area contributed by atoms with Crippen LogP contribution in [0.4, 0.5) is 17.6 Å². The van der Waals surface area contributed by atoms with Crippen molar-refractivity contribution in [1.29, 1.82) is 0 Å². The van der Waals surface area contributed by atoms with E-state index in [2.05, 4.69) is 0 Å². The Kier molecular flexibility index (Phi) is 4.77. The molecule has 2 N–H and O–H groups in total. The summed E-state index contributed by atoms with van der Waals surface area (Å²) in [5.41, 5.74) is 0.634. The smallest absolute Gasteiger partial charge is 0.239 e. The van der Waals surface area contributed by atoms with Gasteiger partial charge >= 0.3 is 0 Å². The van der Waals surface area contributed by atoms with Crippen LogP contribution in [0.15, 0.2) is 40.8 Å². The van der Waals surface area contributed by atoms with Crippen molar-refractivity contribution in [2.75, 3.05) is 19.6 Å². The van der Waals surface area contributed by atoms with Crippen LogP contribution in [-0.4, -0.2) is 56.1 Å². The number of piperidine rings is 1. The second-order valence-electron chi connectivity index (χ2n) is 7.03. The molecule has 4 rings (SSSR count). The molecule has 2 aliphatic heterocycles. The minimum Gasteiger partial charge on any atom is -0.333 e. The van der Waals surface area contributed by atoms with Crippen molar-refractivity contribution in [3.63, 3.8) is 0 Å². The number of fused-ring (bicyclic) bond motifs is 3. The van der Waals surface area contributed by atoms with Gasteiger partial charge in [-0.25, -0.2) is 17.6 Å². The maximum atomic E-state index is 14.2. The summed E-state index contributed by atoms with van der Waals surface area (Å²) in [5.74, 6) is -4.98. The van der Waals surface area contributed by atoms with Gasteiger partial charge in [-0.05, 0) is 12.0 Å². The molecule has 1 amide bonds. The molecular weight excluding hydrogens is 400 g/mol. The molecule has 2 fully saturated rings. The molecule has 0 bridgehead atoms. The van der Waals surface area contributed by atoms with Gasteiger partial charge < -0.3 is 4.90 Å². The average Bonchev–Trinajstić information content (AvgIpc) is 2.60. The third-order valence-corrected chi connectivity index (χ3v) is 7.38. The van der Waals surface area contributed by atoms with Crippen molar-refractivity contribution in [3.8, 4) is 0 Å². The van der Waals surface area contributed by atoms with Gasteiger partial charge in [-0.2, -0.15) is 4.31 Å². The number of piperazine rings is 1. The first kappa shape index (κ1) is 19.4. The number of nitrogens with zero attached hydrogens (tertiary/aromatic N) is 2. The normalized spacial score (nSPS) is 28.6. The maximum absolute atomic E-state index is 14.2. The van der Waals surface area contributed by atoms with E-state index in [9.17, 15) is 31.5 Å². The van der Waals surface area contributed by atoms with Gasteiger partial charge in [0.2, 0.25) is 5.91 Å². The van der Waals surface area contributed by atoms with E-state index < -0.39 is 63.7 Å². The van der Waals surface area contributed by atoms with E-state index in [1.807, 2.05) is 0 Å². The molecule has 1 aliphatic carbocycles. The van der Waals surface area contributed by atoms with Gasteiger partial charge in [-0.3, -0.25) is 13.9 Å². The highest BCUT2D eigenvalue weighted by Crippen LogP contribution is 2.55. The first-order valence-corrected chi connectivity index (χ1v) is 10.2. The summed E-state index contributed by atoms with van der Waals surface area (Å²) in [6.07, 6.45) is 3.89. The van der Waals surface area contributed by atoms with Gasteiger partial charge in [0.1, 0.15) is 16.9 Å². The summed E-state index contributed by atoms with van der Waals surface area (Å²) in [4.78, 5) is 13.0. The van der Waals surface area contributed by atoms with Crippen LogP contribution in [0.5, 0.6) is 0 Å². The van der Waals surface area contributed by atoms with Crippen LogP contribution in [0.3, 0.4) is 0 Å². The standard InChI is InChI=1S/C18H18F4N2O3S/c19-10-6-14(21)18(15(22)7-10)28(26,27)23-8-16-12-2-1-3-13(20)11(12)4-5-24(16)17(25)9-23/h1-3,6-7,11,13,16,26-27H,4-5,8-9H2. The van der Waals surface area contributed by atoms with E-state index >= 15 is 0 Å². The van der Waals surface area contributed by atoms with Crippen molar-refractivity contribution in [3.05, 3.63) is 53.4 Å². The number of hydrogen-bond acceptors (Lipinski definition) is 4. The zero-order chi connectivity index (χ0) is 20.2. The molecule has 10 heteroatoms. The first-order valence-electron chi connectivity index (χ1n) is 8.70. The van der Waals surface area contributed by atoms with Crippen LogP contribution in [-0.2, 0) is 4.79 Å². The summed E-state index contributed by atoms with van der Waals surface area (Å²) < 4.78 is 77.8. The quantitative estimate of drug-likeness (QED) is 0.722. The highest BCUT2D eigenvalue weighted by atomic mass is 32.3. The number of carbonyl (C=O) groups is 1. The fourth-order valence-corrected chi connectivity index (χ4v) is 5.67. The number of alkyl halides is 1. The SMILES string of the molecule is O=C1CN(S(O)(O)c2c(F)cc(F)cc2F)CC2C3=CC=CC(F)C3CCN12. The molecule has 0 saturated carbocycles. The van der Waals surface area contributed by atoms with Gasteiger partial charge in [0.05, 0.1) is 12.6 Å². The third kappa shape index (κ3) is 3.04. The van der Waals surface area contributed by atoms with Crippen molar-refractivity contribution in [2.45, 2.75) is 23.5 Å². The second-order valence-corrected chi connectivity index (χ2v) is 9.00. The zero-order valence-electron chi connectivity index (χ0n) is 14.6. The molecule has 152 valence electrons. The van der Waals surface area contributed by atoms with Crippen LogP contribution >= 0.6 is 10.8 Å². The monoisotopic (exact) mass is 418 g/mol. The lowest BCUT2D eigenvalue weighted by atomic mass is 9.79. The van der Waals surface area contributed by atoms with Gasteiger partial charge in [0.15, 0.2) is 11.6 Å². The number of rotatable bonds is 2. The lowest BCUT2D eigenvalue weighted by Crippen LogP contribution is -2.61. The summed E-state index contributed by atoms with van der Waals surface area (Å²) in [7, 11) is -4.24. The lowest BCUT2D eigenvalue weighted by molar-refractivity contribution is -0.138.